The molecule has 0 saturated carbocycles. The summed E-state index contributed by atoms with van der Waals surface area (Å²) in [4.78, 5) is 0. The largest absolute Gasteiger partial charge is 0.493 e. The summed E-state index contributed by atoms with van der Waals surface area (Å²) in [5, 5.41) is 11.6. The quantitative estimate of drug-likeness (QED) is 0.908. The van der Waals surface area contributed by atoms with E-state index < -0.39 is 5.60 Å². The molecule has 1 N–H and O–H groups in total. The van der Waals surface area contributed by atoms with Gasteiger partial charge in [-0.05, 0) is 30.2 Å². The van der Waals surface area contributed by atoms with E-state index in [9.17, 15) is 5.11 Å². The Kier molecular flexibility index (Phi) is 3.00. The Labute approximate surface area is 117 Å². The highest BCUT2D eigenvalue weighted by Crippen LogP contribution is 2.39. The highest BCUT2D eigenvalue weighted by atomic mass is 35.5. The summed E-state index contributed by atoms with van der Waals surface area (Å²) in [6.07, 6.45) is 0.903. The van der Waals surface area contributed by atoms with Gasteiger partial charge in [0.2, 0.25) is 0 Å². The zero-order valence-electron chi connectivity index (χ0n) is 10.7. The molecule has 2 aromatic carbocycles. The number of ether oxygens (including phenoxy) is 1. The third-order valence-electron chi connectivity index (χ3n) is 3.65. The number of aliphatic hydroxyl groups is 1. The smallest absolute Gasteiger partial charge is 0.129 e. The van der Waals surface area contributed by atoms with Crippen LogP contribution >= 0.6 is 11.6 Å². The van der Waals surface area contributed by atoms with Crippen molar-refractivity contribution in [3.05, 3.63) is 64.2 Å². The van der Waals surface area contributed by atoms with Gasteiger partial charge in [-0.3, -0.25) is 0 Å². The first-order chi connectivity index (χ1) is 9.09. The van der Waals surface area contributed by atoms with Gasteiger partial charge in [-0.1, -0.05) is 41.9 Å². The molecule has 19 heavy (non-hydrogen) atoms. The third-order valence-corrected chi connectivity index (χ3v) is 3.90. The van der Waals surface area contributed by atoms with Crippen molar-refractivity contribution in [3.63, 3.8) is 0 Å². The number of para-hydroxylation sites is 1. The van der Waals surface area contributed by atoms with E-state index in [-0.39, 0.29) is 0 Å². The van der Waals surface area contributed by atoms with Gasteiger partial charge in [-0.15, -0.1) is 0 Å². The van der Waals surface area contributed by atoms with Crippen molar-refractivity contribution in [2.45, 2.75) is 18.9 Å². The second-order valence-corrected chi connectivity index (χ2v) is 5.41. The van der Waals surface area contributed by atoms with Crippen molar-refractivity contribution in [1.82, 2.24) is 0 Å². The molecule has 1 aliphatic heterocycles. The van der Waals surface area contributed by atoms with Crippen LogP contribution in [0.15, 0.2) is 42.5 Å². The highest BCUT2D eigenvalue weighted by Gasteiger charge is 2.31. The van der Waals surface area contributed by atoms with E-state index in [0.717, 1.165) is 28.9 Å². The molecule has 0 saturated heterocycles. The van der Waals surface area contributed by atoms with E-state index in [1.165, 1.54) is 0 Å². The predicted octanol–water partition coefficient (Wildman–Crippen LogP) is 3.53. The molecule has 0 spiro atoms. The number of halogens is 1. The first-order valence-electron chi connectivity index (χ1n) is 6.32. The Morgan fingerprint density at radius 1 is 1.16 bits per heavy atom. The second-order valence-electron chi connectivity index (χ2n) is 4.97. The molecule has 0 bridgehead atoms. The molecule has 2 nitrogen and oxygen atoms in total. The van der Waals surface area contributed by atoms with E-state index in [1.807, 2.05) is 30.3 Å². The molecule has 3 heteroatoms. The number of rotatable bonds is 2. The maximum absolute atomic E-state index is 10.9. The molecule has 98 valence electrons. The SMILES string of the molecule is CC(O)(c1ccc(Cl)cc1)c1cccc2c1OCC2. The molecule has 0 fully saturated rings. The fourth-order valence-electron chi connectivity index (χ4n) is 2.53. The summed E-state index contributed by atoms with van der Waals surface area (Å²) < 4.78 is 5.68. The lowest BCUT2D eigenvalue weighted by Crippen LogP contribution is -2.23. The van der Waals surface area contributed by atoms with E-state index in [0.29, 0.717) is 11.6 Å². The lowest BCUT2D eigenvalue weighted by molar-refractivity contribution is 0.0988. The predicted molar refractivity (Wildman–Crippen MR) is 75.8 cm³/mol. The lowest BCUT2D eigenvalue weighted by atomic mass is 9.86. The van der Waals surface area contributed by atoms with Crippen LogP contribution in [0.1, 0.15) is 23.6 Å². The average Bonchev–Trinajstić information content (AvgIpc) is 2.87. The number of hydrogen-bond donors (Lipinski definition) is 1. The van der Waals surface area contributed by atoms with Gasteiger partial charge in [0.15, 0.2) is 0 Å². The van der Waals surface area contributed by atoms with Crippen molar-refractivity contribution in [3.8, 4) is 5.75 Å². The van der Waals surface area contributed by atoms with Crippen molar-refractivity contribution in [2.75, 3.05) is 6.61 Å². The molecule has 1 atom stereocenters. The van der Waals surface area contributed by atoms with Gasteiger partial charge in [-0.2, -0.15) is 0 Å². The van der Waals surface area contributed by atoms with Gasteiger partial charge in [0.1, 0.15) is 11.4 Å². The Bertz CT molecular complexity index is 603. The lowest BCUT2D eigenvalue weighted by Gasteiger charge is -2.26. The zero-order valence-corrected chi connectivity index (χ0v) is 11.4. The third kappa shape index (κ3) is 2.11. The molecule has 1 aliphatic rings. The first-order valence-corrected chi connectivity index (χ1v) is 6.70. The number of benzene rings is 2. The van der Waals surface area contributed by atoms with Crippen molar-refractivity contribution < 1.29 is 9.84 Å². The van der Waals surface area contributed by atoms with Gasteiger partial charge in [0.05, 0.1) is 6.61 Å². The molecular weight excluding hydrogens is 260 g/mol. The standard InChI is InChI=1S/C16H15ClO2/c1-16(18,12-5-7-13(17)8-6-12)14-4-2-3-11-9-10-19-15(11)14/h2-8,18H,9-10H2,1H3. The Morgan fingerprint density at radius 3 is 2.63 bits per heavy atom. The molecule has 3 rings (SSSR count). The zero-order chi connectivity index (χ0) is 13.5. The summed E-state index contributed by atoms with van der Waals surface area (Å²) in [5.41, 5.74) is 1.69. The van der Waals surface area contributed by atoms with Crippen LogP contribution in [0.5, 0.6) is 5.75 Å². The van der Waals surface area contributed by atoms with Crippen molar-refractivity contribution in [2.24, 2.45) is 0 Å². The van der Waals surface area contributed by atoms with Gasteiger partial charge in [-0.25, -0.2) is 0 Å². The number of fused-ring (bicyclic) bond motifs is 1. The summed E-state index contributed by atoms with van der Waals surface area (Å²) in [7, 11) is 0. The fourth-order valence-corrected chi connectivity index (χ4v) is 2.65. The normalized spacial score (nSPS) is 16.6. The van der Waals surface area contributed by atoms with E-state index in [1.54, 1.807) is 19.1 Å². The summed E-state index contributed by atoms with van der Waals surface area (Å²) in [6, 6.07) is 13.2. The maximum atomic E-state index is 10.9. The summed E-state index contributed by atoms with van der Waals surface area (Å²) in [6.45, 7) is 2.47. The number of hydrogen-bond acceptors (Lipinski definition) is 2. The minimum absolute atomic E-state index is 0.661. The summed E-state index contributed by atoms with van der Waals surface area (Å²) >= 11 is 5.90. The fraction of sp³-hybridized carbons (Fsp3) is 0.250. The van der Waals surface area contributed by atoms with Gasteiger partial charge in [0.25, 0.3) is 0 Å². The average molecular weight is 275 g/mol. The molecular formula is C16H15ClO2. The van der Waals surface area contributed by atoms with Crippen LogP contribution in [-0.4, -0.2) is 11.7 Å². The van der Waals surface area contributed by atoms with Crippen molar-refractivity contribution >= 4 is 11.6 Å². The second kappa shape index (κ2) is 4.55. The Hall–Kier alpha value is -1.51. The van der Waals surface area contributed by atoms with E-state index in [2.05, 4.69) is 0 Å². The van der Waals surface area contributed by atoms with Gasteiger partial charge in [0, 0.05) is 17.0 Å². The topological polar surface area (TPSA) is 29.5 Å². The summed E-state index contributed by atoms with van der Waals surface area (Å²) in [5.74, 6) is 0.822. The minimum Gasteiger partial charge on any atom is -0.493 e. The Balaban J connectivity index is 2.10. The van der Waals surface area contributed by atoms with Crippen molar-refractivity contribution in [1.29, 1.82) is 0 Å². The minimum atomic E-state index is -1.08. The van der Waals surface area contributed by atoms with Crippen LogP contribution in [0.25, 0.3) is 0 Å². The van der Waals surface area contributed by atoms with Crippen LogP contribution in [0.2, 0.25) is 5.02 Å². The van der Waals surface area contributed by atoms with E-state index >= 15 is 0 Å². The van der Waals surface area contributed by atoms with Crippen LogP contribution in [0, 0.1) is 0 Å². The van der Waals surface area contributed by atoms with Gasteiger partial charge < -0.3 is 9.84 Å². The van der Waals surface area contributed by atoms with Crippen LogP contribution in [0.4, 0.5) is 0 Å². The Morgan fingerprint density at radius 2 is 1.89 bits per heavy atom. The monoisotopic (exact) mass is 274 g/mol. The molecule has 0 aromatic heterocycles. The molecule has 0 aliphatic carbocycles. The van der Waals surface area contributed by atoms with Gasteiger partial charge >= 0.3 is 0 Å². The highest BCUT2D eigenvalue weighted by molar-refractivity contribution is 6.30. The van der Waals surface area contributed by atoms with E-state index in [4.69, 9.17) is 16.3 Å². The molecule has 0 amide bonds. The molecule has 1 heterocycles. The first kappa shape index (κ1) is 12.5. The van der Waals surface area contributed by atoms with Crippen LogP contribution in [0.3, 0.4) is 0 Å². The molecule has 0 radical (unpaired) electrons. The van der Waals surface area contributed by atoms with Crippen LogP contribution < -0.4 is 4.74 Å². The maximum Gasteiger partial charge on any atom is 0.129 e. The molecule has 1 unspecified atom stereocenters. The molecule has 2 aromatic rings. The van der Waals surface area contributed by atoms with Crippen LogP contribution in [-0.2, 0) is 12.0 Å².